The van der Waals surface area contributed by atoms with Crippen molar-refractivity contribution in [1.29, 1.82) is 0 Å². The molecule has 180 valence electrons. The Kier molecular flexibility index (Phi) is 7.77. The van der Waals surface area contributed by atoms with Gasteiger partial charge in [-0.25, -0.2) is 0 Å². The van der Waals surface area contributed by atoms with E-state index in [4.69, 9.17) is 9.84 Å². The molecule has 1 heterocycles. The molecule has 1 aliphatic heterocycles. The van der Waals surface area contributed by atoms with Gasteiger partial charge in [-0.15, -0.1) is 11.8 Å². The van der Waals surface area contributed by atoms with E-state index in [-0.39, 0.29) is 29.1 Å². The number of benzene rings is 2. The van der Waals surface area contributed by atoms with Crippen molar-refractivity contribution in [2.24, 2.45) is 5.92 Å². The van der Waals surface area contributed by atoms with Crippen molar-refractivity contribution >= 4 is 29.5 Å². The number of fused-ring (bicyclic) bond motifs is 1. The molecule has 8 heteroatoms. The largest absolute Gasteiger partial charge is 0.490 e. The summed E-state index contributed by atoms with van der Waals surface area (Å²) in [5, 5.41) is 14.7. The highest BCUT2D eigenvalue weighted by atomic mass is 32.2. The van der Waals surface area contributed by atoms with Gasteiger partial charge in [0, 0.05) is 23.5 Å². The summed E-state index contributed by atoms with van der Waals surface area (Å²) < 4.78 is 5.95. The maximum Gasteiger partial charge on any atom is 0.306 e. The monoisotopic (exact) mass is 482 g/mol. The van der Waals surface area contributed by atoms with Crippen molar-refractivity contribution in [3.8, 4) is 5.75 Å². The van der Waals surface area contributed by atoms with E-state index in [9.17, 15) is 14.4 Å². The molecule has 1 atom stereocenters. The molecule has 2 aromatic carbocycles. The number of aliphatic carboxylic acids is 1. The van der Waals surface area contributed by atoms with E-state index in [1.807, 2.05) is 6.92 Å². The van der Waals surface area contributed by atoms with Gasteiger partial charge >= 0.3 is 5.97 Å². The average Bonchev–Trinajstić information content (AvgIpc) is 3.26. The van der Waals surface area contributed by atoms with Crippen molar-refractivity contribution in [3.05, 3.63) is 59.2 Å². The van der Waals surface area contributed by atoms with Crippen LogP contribution < -0.4 is 15.4 Å². The van der Waals surface area contributed by atoms with Crippen LogP contribution in [0.1, 0.15) is 47.2 Å². The molecule has 0 aromatic heterocycles. The first-order chi connectivity index (χ1) is 16.4. The van der Waals surface area contributed by atoms with Crippen LogP contribution in [0.3, 0.4) is 0 Å². The van der Waals surface area contributed by atoms with Crippen LogP contribution in [0.5, 0.6) is 5.75 Å². The maximum absolute atomic E-state index is 12.5. The zero-order chi connectivity index (χ0) is 24.1. The number of hydrogen-bond acceptors (Lipinski definition) is 5. The molecule has 0 spiro atoms. The van der Waals surface area contributed by atoms with Gasteiger partial charge in [-0.2, -0.15) is 0 Å². The van der Waals surface area contributed by atoms with E-state index < -0.39 is 5.97 Å². The molecule has 0 bridgehead atoms. The van der Waals surface area contributed by atoms with Gasteiger partial charge in [-0.3, -0.25) is 14.4 Å². The highest BCUT2D eigenvalue weighted by molar-refractivity contribution is 8.01. The standard InChI is InChI=1S/C26H30N2O5S/c1-16-2-3-19-15-23(34-22(19)14-16)25(30)28-13-12-27-24(29)17-4-8-20(9-5-17)33-21-10-6-18(7-11-21)26(31)32/h2-5,8-9,14,18,21,23H,6-7,10-13,15H2,1H3,(H,27,29)(H,28,30)(H,31,32)/t18-,21+,23?. The van der Waals surface area contributed by atoms with E-state index in [2.05, 4.69) is 28.8 Å². The number of ether oxygens (including phenoxy) is 1. The Balaban J connectivity index is 1.15. The van der Waals surface area contributed by atoms with Gasteiger partial charge in [0.1, 0.15) is 5.75 Å². The molecule has 1 fully saturated rings. The van der Waals surface area contributed by atoms with Crippen LogP contribution in [0.15, 0.2) is 47.4 Å². The van der Waals surface area contributed by atoms with Crippen molar-refractivity contribution in [2.45, 2.75) is 55.3 Å². The first-order valence-corrected chi connectivity index (χ1v) is 12.6. The third kappa shape index (κ3) is 6.11. The number of carbonyl (C=O) groups is 3. The lowest BCUT2D eigenvalue weighted by Crippen LogP contribution is -2.38. The molecule has 34 heavy (non-hydrogen) atoms. The fourth-order valence-corrected chi connectivity index (χ4v) is 5.68. The van der Waals surface area contributed by atoms with Crippen LogP contribution in [-0.2, 0) is 16.0 Å². The second-order valence-electron chi connectivity index (χ2n) is 8.92. The molecule has 0 radical (unpaired) electrons. The fourth-order valence-electron chi connectivity index (χ4n) is 4.36. The minimum absolute atomic E-state index is 0.00741. The van der Waals surface area contributed by atoms with E-state index in [1.165, 1.54) is 16.0 Å². The molecule has 2 aromatic rings. The van der Waals surface area contributed by atoms with Crippen LogP contribution in [0.4, 0.5) is 0 Å². The van der Waals surface area contributed by atoms with E-state index >= 15 is 0 Å². The van der Waals surface area contributed by atoms with Crippen molar-refractivity contribution in [3.63, 3.8) is 0 Å². The summed E-state index contributed by atoms with van der Waals surface area (Å²) in [6.45, 7) is 2.77. The van der Waals surface area contributed by atoms with E-state index in [0.29, 0.717) is 37.2 Å². The molecule has 1 aliphatic carbocycles. The molecular formula is C26H30N2O5S. The lowest BCUT2D eigenvalue weighted by atomic mass is 9.87. The molecular weight excluding hydrogens is 452 g/mol. The molecule has 1 saturated carbocycles. The molecule has 2 amide bonds. The van der Waals surface area contributed by atoms with E-state index in [1.54, 1.807) is 36.0 Å². The maximum atomic E-state index is 12.5. The number of amides is 2. The van der Waals surface area contributed by atoms with Crippen LogP contribution in [0, 0.1) is 12.8 Å². The first kappa shape index (κ1) is 24.1. The summed E-state index contributed by atoms with van der Waals surface area (Å²) in [6.07, 6.45) is 3.43. The number of rotatable bonds is 8. The van der Waals surface area contributed by atoms with Gasteiger partial charge < -0.3 is 20.5 Å². The number of carbonyl (C=O) groups excluding carboxylic acids is 2. The SMILES string of the molecule is Cc1ccc2c(c1)SC(C(=O)NCCNC(=O)c1ccc(O[C@H]3CC[C@@H](C(=O)O)CC3)cc1)C2. The number of thioether (sulfide) groups is 1. The average molecular weight is 483 g/mol. The Labute approximate surface area is 203 Å². The van der Waals surface area contributed by atoms with Crippen LogP contribution >= 0.6 is 11.8 Å². The van der Waals surface area contributed by atoms with Crippen molar-refractivity contribution < 1.29 is 24.2 Å². The highest BCUT2D eigenvalue weighted by Crippen LogP contribution is 2.37. The molecule has 1 unspecified atom stereocenters. The summed E-state index contributed by atoms with van der Waals surface area (Å²) in [4.78, 5) is 37.1. The summed E-state index contributed by atoms with van der Waals surface area (Å²) in [5.41, 5.74) is 2.92. The normalized spacial score (nSPS) is 21.4. The molecule has 4 rings (SSSR count). The van der Waals surface area contributed by atoms with Gasteiger partial charge in [0.2, 0.25) is 5.91 Å². The fraction of sp³-hybridized carbons (Fsp3) is 0.423. The zero-order valence-electron chi connectivity index (χ0n) is 19.2. The third-order valence-electron chi connectivity index (χ3n) is 6.34. The second kappa shape index (κ2) is 11.0. The predicted molar refractivity (Wildman–Crippen MR) is 130 cm³/mol. The first-order valence-electron chi connectivity index (χ1n) is 11.7. The quantitative estimate of drug-likeness (QED) is 0.497. The lowest BCUT2D eigenvalue weighted by molar-refractivity contribution is -0.143. The Morgan fingerprint density at radius 1 is 1.00 bits per heavy atom. The summed E-state index contributed by atoms with van der Waals surface area (Å²) >= 11 is 1.60. The zero-order valence-corrected chi connectivity index (χ0v) is 20.0. The van der Waals surface area contributed by atoms with Crippen LogP contribution in [0.2, 0.25) is 0 Å². The molecule has 7 nitrogen and oxygen atoms in total. The number of hydrogen-bond donors (Lipinski definition) is 3. The Bertz CT molecular complexity index is 1050. The Morgan fingerprint density at radius 2 is 1.71 bits per heavy atom. The third-order valence-corrected chi connectivity index (χ3v) is 7.64. The minimum Gasteiger partial charge on any atom is -0.490 e. The summed E-state index contributed by atoms with van der Waals surface area (Å²) in [7, 11) is 0. The number of aryl methyl sites for hydroxylation is 1. The topological polar surface area (TPSA) is 105 Å². The van der Waals surface area contributed by atoms with Crippen LogP contribution in [-0.4, -0.2) is 47.3 Å². The van der Waals surface area contributed by atoms with Gasteiger partial charge in [0.25, 0.3) is 5.91 Å². The minimum atomic E-state index is -0.730. The van der Waals surface area contributed by atoms with Gasteiger partial charge in [0.05, 0.1) is 17.3 Å². The van der Waals surface area contributed by atoms with Gasteiger partial charge in [-0.05, 0) is 74.9 Å². The molecule has 0 saturated heterocycles. The Morgan fingerprint density at radius 3 is 2.41 bits per heavy atom. The summed E-state index contributed by atoms with van der Waals surface area (Å²) in [5.74, 6) is -0.541. The Hall–Kier alpha value is -3.00. The molecule has 2 aliphatic rings. The predicted octanol–water partition coefficient (Wildman–Crippen LogP) is 3.58. The van der Waals surface area contributed by atoms with Crippen molar-refractivity contribution in [2.75, 3.05) is 13.1 Å². The lowest BCUT2D eigenvalue weighted by Gasteiger charge is -2.26. The highest BCUT2D eigenvalue weighted by Gasteiger charge is 2.28. The number of carboxylic acids is 1. The van der Waals surface area contributed by atoms with Gasteiger partial charge in [0.15, 0.2) is 0 Å². The summed E-state index contributed by atoms with van der Waals surface area (Å²) in [6, 6.07) is 13.2. The smallest absolute Gasteiger partial charge is 0.306 e. The van der Waals surface area contributed by atoms with Gasteiger partial charge in [-0.1, -0.05) is 17.7 Å². The number of carboxylic acid groups (broad SMARTS) is 1. The number of nitrogens with one attached hydrogen (secondary N) is 2. The molecule has 3 N–H and O–H groups in total. The van der Waals surface area contributed by atoms with Crippen LogP contribution in [0.25, 0.3) is 0 Å². The second-order valence-corrected chi connectivity index (χ2v) is 10.2. The van der Waals surface area contributed by atoms with Crippen molar-refractivity contribution in [1.82, 2.24) is 10.6 Å². The van der Waals surface area contributed by atoms with E-state index in [0.717, 1.165) is 19.3 Å².